The zero-order chi connectivity index (χ0) is 10.5. The molecule has 15 heavy (non-hydrogen) atoms. The Hall–Kier alpha value is -1.35. The van der Waals surface area contributed by atoms with E-state index in [1.165, 1.54) is 0 Å². The number of oxazole rings is 1. The molecule has 0 aliphatic heterocycles. The predicted octanol–water partition coefficient (Wildman–Crippen LogP) is 2.71. The minimum absolute atomic E-state index is 0.453. The molecule has 1 aliphatic carbocycles. The highest BCUT2D eigenvalue weighted by molar-refractivity contribution is 6.31. The van der Waals surface area contributed by atoms with Gasteiger partial charge in [0, 0.05) is 5.02 Å². The van der Waals surface area contributed by atoms with Gasteiger partial charge in [0.2, 0.25) is 5.89 Å². The predicted molar refractivity (Wildman–Crippen MR) is 56.0 cm³/mol. The summed E-state index contributed by atoms with van der Waals surface area (Å²) in [6, 6.07) is 5.26. The molecule has 0 saturated heterocycles. The van der Waals surface area contributed by atoms with Crippen molar-refractivity contribution in [3.63, 3.8) is 0 Å². The topological polar surface area (TPSA) is 43.1 Å². The lowest BCUT2D eigenvalue weighted by Gasteiger charge is -1.97. The highest BCUT2D eigenvalue weighted by Gasteiger charge is 2.49. The molecular weight excluding hydrogens is 214 g/mol. The number of hydrogen-bond donors (Lipinski definition) is 0. The minimum Gasteiger partial charge on any atom is -0.440 e. The third kappa shape index (κ3) is 1.27. The third-order valence-electron chi connectivity index (χ3n) is 2.79. The van der Waals surface area contributed by atoms with Crippen molar-refractivity contribution in [2.75, 3.05) is 0 Å². The van der Waals surface area contributed by atoms with Gasteiger partial charge in [0.15, 0.2) is 5.58 Å². The first-order valence-electron chi connectivity index (χ1n) is 4.76. The summed E-state index contributed by atoms with van der Waals surface area (Å²) in [6.07, 6.45) is 2.59. The fourth-order valence-electron chi connectivity index (χ4n) is 1.63. The molecule has 0 radical (unpaired) electrons. The summed E-state index contributed by atoms with van der Waals surface area (Å²) in [4.78, 5) is 15.2. The number of nitrogens with zero attached hydrogens (tertiary/aromatic N) is 1. The molecule has 76 valence electrons. The Morgan fingerprint density at radius 1 is 1.47 bits per heavy atom. The number of hydrogen-bond acceptors (Lipinski definition) is 3. The molecule has 1 heterocycles. The Balaban J connectivity index is 2.18. The van der Waals surface area contributed by atoms with Crippen LogP contribution in [0.4, 0.5) is 0 Å². The Labute approximate surface area is 91.0 Å². The van der Waals surface area contributed by atoms with Crippen LogP contribution in [0.1, 0.15) is 18.7 Å². The van der Waals surface area contributed by atoms with Gasteiger partial charge in [-0.25, -0.2) is 4.98 Å². The lowest BCUT2D eigenvalue weighted by Crippen LogP contribution is -2.07. The number of carbonyl (C=O) groups is 1. The second-order valence-electron chi connectivity index (χ2n) is 3.91. The van der Waals surface area contributed by atoms with Crippen molar-refractivity contribution >= 4 is 29.0 Å². The molecule has 0 N–H and O–H groups in total. The summed E-state index contributed by atoms with van der Waals surface area (Å²) >= 11 is 5.84. The highest BCUT2D eigenvalue weighted by Crippen LogP contribution is 2.46. The summed E-state index contributed by atoms with van der Waals surface area (Å²) in [5.74, 6) is 0.523. The van der Waals surface area contributed by atoms with E-state index in [0.29, 0.717) is 22.0 Å². The molecule has 4 heteroatoms. The van der Waals surface area contributed by atoms with Gasteiger partial charge in [-0.05, 0) is 31.0 Å². The second-order valence-corrected chi connectivity index (χ2v) is 4.34. The smallest absolute Gasteiger partial charge is 0.208 e. The number of rotatable bonds is 2. The van der Waals surface area contributed by atoms with Gasteiger partial charge in [0.25, 0.3) is 0 Å². The van der Waals surface area contributed by atoms with Gasteiger partial charge in [-0.15, -0.1) is 0 Å². The SMILES string of the molecule is O=CC1(c2nc3cc(Cl)ccc3o2)CC1. The number of halogens is 1. The van der Waals surface area contributed by atoms with Gasteiger partial charge in [-0.1, -0.05) is 11.6 Å². The van der Waals surface area contributed by atoms with Crippen molar-refractivity contribution < 1.29 is 9.21 Å². The van der Waals surface area contributed by atoms with E-state index in [1.54, 1.807) is 18.2 Å². The monoisotopic (exact) mass is 221 g/mol. The molecule has 1 aromatic heterocycles. The van der Waals surface area contributed by atoms with Crippen LogP contribution in [0.15, 0.2) is 22.6 Å². The molecule has 1 aromatic carbocycles. The van der Waals surface area contributed by atoms with Crippen LogP contribution in [0.3, 0.4) is 0 Å². The van der Waals surface area contributed by atoms with Crippen LogP contribution in [0.25, 0.3) is 11.1 Å². The Bertz CT molecular complexity index is 543. The largest absolute Gasteiger partial charge is 0.440 e. The summed E-state index contributed by atoms with van der Waals surface area (Å²) in [7, 11) is 0. The molecule has 0 spiro atoms. The lowest BCUT2D eigenvalue weighted by molar-refractivity contribution is -0.110. The van der Waals surface area contributed by atoms with Crippen LogP contribution in [0, 0.1) is 0 Å². The van der Waals surface area contributed by atoms with Gasteiger partial charge in [-0.2, -0.15) is 0 Å². The Morgan fingerprint density at radius 3 is 2.93 bits per heavy atom. The first-order chi connectivity index (χ1) is 7.23. The van der Waals surface area contributed by atoms with Gasteiger partial charge in [-0.3, -0.25) is 0 Å². The second kappa shape index (κ2) is 2.83. The minimum atomic E-state index is -0.453. The molecule has 0 atom stereocenters. The summed E-state index contributed by atoms with van der Waals surface area (Å²) in [5, 5.41) is 0.623. The fraction of sp³-hybridized carbons (Fsp3) is 0.273. The van der Waals surface area contributed by atoms with Crippen LogP contribution in [-0.4, -0.2) is 11.3 Å². The van der Waals surface area contributed by atoms with Crippen LogP contribution >= 0.6 is 11.6 Å². The molecule has 2 aromatic rings. The Morgan fingerprint density at radius 2 is 2.27 bits per heavy atom. The Kier molecular flexibility index (Phi) is 1.68. The molecule has 1 saturated carbocycles. The van der Waals surface area contributed by atoms with Crippen molar-refractivity contribution in [2.45, 2.75) is 18.3 Å². The van der Waals surface area contributed by atoms with E-state index in [9.17, 15) is 4.79 Å². The summed E-state index contributed by atoms with van der Waals surface area (Å²) < 4.78 is 5.54. The van der Waals surface area contributed by atoms with E-state index in [1.807, 2.05) is 0 Å². The first kappa shape index (κ1) is 8.92. The third-order valence-corrected chi connectivity index (χ3v) is 3.02. The zero-order valence-corrected chi connectivity index (χ0v) is 8.62. The highest BCUT2D eigenvalue weighted by atomic mass is 35.5. The van der Waals surface area contributed by atoms with Gasteiger partial charge < -0.3 is 9.21 Å². The number of carbonyl (C=O) groups excluding carboxylic acids is 1. The standard InChI is InChI=1S/C11H8ClNO2/c12-7-1-2-9-8(5-7)13-10(15-9)11(6-14)3-4-11/h1-2,5-6H,3-4H2. The maximum atomic E-state index is 10.9. The molecule has 1 fully saturated rings. The van der Waals surface area contributed by atoms with E-state index >= 15 is 0 Å². The summed E-state index contributed by atoms with van der Waals surface area (Å²) in [6.45, 7) is 0. The molecule has 3 nitrogen and oxygen atoms in total. The van der Waals surface area contributed by atoms with Crippen molar-refractivity contribution in [1.29, 1.82) is 0 Å². The fourth-order valence-corrected chi connectivity index (χ4v) is 1.80. The van der Waals surface area contributed by atoms with Crippen LogP contribution in [0.2, 0.25) is 5.02 Å². The van der Waals surface area contributed by atoms with E-state index in [-0.39, 0.29) is 0 Å². The first-order valence-corrected chi connectivity index (χ1v) is 5.14. The molecule has 0 amide bonds. The van der Waals surface area contributed by atoms with Crippen LogP contribution in [0.5, 0.6) is 0 Å². The molecule has 3 rings (SSSR count). The number of fused-ring (bicyclic) bond motifs is 1. The van der Waals surface area contributed by atoms with Gasteiger partial charge >= 0.3 is 0 Å². The zero-order valence-electron chi connectivity index (χ0n) is 7.87. The molecular formula is C11H8ClNO2. The maximum absolute atomic E-state index is 10.9. The van der Waals surface area contributed by atoms with E-state index < -0.39 is 5.41 Å². The van der Waals surface area contributed by atoms with Crippen LogP contribution < -0.4 is 0 Å². The van der Waals surface area contributed by atoms with Crippen molar-refractivity contribution in [1.82, 2.24) is 4.98 Å². The van der Waals surface area contributed by atoms with Gasteiger partial charge in [0.1, 0.15) is 17.2 Å². The number of benzene rings is 1. The number of aromatic nitrogens is 1. The molecule has 0 unspecified atom stereocenters. The van der Waals surface area contributed by atoms with Crippen LogP contribution in [-0.2, 0) is 10.2 Å². The molecule has 1 aliphatic rings. The van der Waals surface area contributed by atoms with Crippen molar-refractivity contribution in [2.24, 2.45) is 0 Å². The van der Waals surface area contributed by atoms with E-state index in [4.69, 9.17) is 16.0 Å². The van der Waals surface area contributed by atoms with Crippen molar-refractivity contribution in [3.8, 4) is 0 Å². The normalized spacial score (nSPS) is 17.9. The van der Waals surface area contributed by atoms with Gasteiger partial charge in [0.05, 0.1) is 0 Å². The van der Waals surface area contributed by atoms with E-state index in [2.05, 4.69) is 4.98 Å². The maximum Gasteiger partial charge on any atom is 0.208 e. The average Bonchev–Trinajstić information content (AvgIpc) is 2.93. The lowest BCUT2D eigenvalue weighted by atomic mass is 10.1. The summed E-state index contributed by atoms with van der Waals surface area (Å²) in [5.41, 5.74) is 0.944. The molecule has 0 bridgehead atoms. The van der Waals surface area contributed by atoms with Crippen molar-refractivity contribution in [3.05, 3.63) is 29.1 Å². The van der Waals surface area contributed by atoms with E-state index in [0.717, 1.165) is 19.1 Å². The average molecular weight is 222 g/mol. The number of aldehydes is 1. The quantitative estimate of drug-likeness (QED) is 0.733.